The zero-order valence-corrected chi connectivity index (χ0v) is 13.3. The van der Waals surface area contributed by atoms with Crippen LogP contribution in [0.2, 0.25) is 0 Å². The van der Waals surface area contributed by atoms with Gasteiger partial charge in [0, 0.05) is 36.3 Å². The number of anilines is 2. The number of nitrogens with one attached hydrogen (secondary N) is 2. The highest BCUT2D eigenvalue weighted by Gasteiger charge is 2.18. The fourth-order valence-electron chi connectivity index (χ4n) is 2.08. The van der Waals surface area contributed by atoms with E-state index in [1.165, 1.54) is 38.1 Å². The third kappa shape index (κ3) is 4.36. The first-order chi connectivity index (χ1) is 11.4. The number of benzene rings is 2. The summed E-state index contributed by atoms with van der Waals surface area (Å²) < 4.78 is 0. The van der Waals surface area contributed by atoms with Gasteiger partial charge in [0.2, 0.25) is 23.4 Å². The molecule has 2 aromatic carbocycles. The van der Waals surface area contributed by atoms with Crippen LogP contribution in [-0.4, -0.2) is 23.4 Å². The molecule has 0 fully saturated rings. The molecule has 24 heavy (non-hydrogen) atoms. The molecule has 122 valence electrons. The molecule has 0 atom stereocenters. The van der Waals surface area contributed by atoms with Gasteiger partial charge in [-0.2, -0.15) is 0 Å². The maximum absolute atomic E-state index is 12.2. The summed E-state index contributed by atoms with van der Waals surface area (Å²) in [4.78, 5) is 46.4. The molecule has 0 saturated carbocycles. The van der Waals surface area contributed by atoms with E-state index in [-0.39, 0.29) is 22.9 Å². The van der Waals surface area contributed by atoms with Gasteiger partial charge in [0.05, 0.1) is 0 Å². The van der Waals surface area contributed by atoms with Crippen molar-refractivity contribution in [1.29, 1.82) is 0 Å². The number of carbonyl (C=O) groups is 4. The highest BCUT2D eigenvalue weighted by molar-refractivity contribution is 6.49. The van der Waals surface area contributed by atoms with Crippen molar-refractivity contribution in [3.63, 3.8) is 0 Å². The van der Waals surface area contributed by atoms with Gasteiger partial charge in [0.15, 0.2) is 0 Å². The van der Waals surface area contributed by atoms with Crippen molar-refractivity contribution in [1.82, 2.24) is 0 Å². The maximum Gasteiger partial charge on any atom is 0.233 e. The number of ketones is 2. The molecule has 0 aliphatic carbocycles. The molecule has 2 aromatic rings. The van der Waals surface area contributed by atoms with Gasteiger partial charge >= 0.3 is 0 Å². The Hall–Kier alpha value is -3.28. The molecule has 0 spiro atoms. The lowest BCUT2D eigenvalue weighted by Crippen LogP contribution is -2.15. The van der Waals surface area contributed by atoms with E-state index in [2.05, 4.69) is 10.6 Å². The zero-order chi connectivity index (χ0) is 17.7. The van der Waals surface area contributed by atoms with Gasteiger partial charge in [-0.25, -0.2) is 0 Å². The molecular weight excluding hydrogens is 308 g/mol. The molecular formula is C18H16N2O4. The van der Waals surface area contributed by atoms with E-state index in [1.54, 1.807) is 24.3 Å². The Bertz CT molecular complexity index is 723. The molecule has 0 unspecified atom stereocenters. The van der Waals surface area contributed by atoms with Crippen LogP contribution in [0, 0.1) is 0 Å². The fraction of sp³-hybridized carbons (Fsp3) is 0.111. The van der Waals surface area contributed by atoms with Crippen LogP contribution >= 0.6 is 0 Å². The summed E-state index contributed by atoms with van der Waals surface area (Å²) >= 11 is 0. The van der Waals surface area contributed by atoms with Gasteiger partial charge in [-0.15, -0.1) is 0 Å². The Balaban J connectivity index is 2.12. The number of carbonyl (C=O) groups excluding carboxylic acids is 4. The molecule has 0 radical (unpaired) electrons. The first kappa shape index (κ1) is 17.1. The number of rotatable bonds is 5. The van der Waals surface area contributed by atoms with Crippen molar-refractivity contribution >= 4 is 34.8 Å². The van der Waals surface area contributed by atoms with Crippen molar-refractivity contribution in [2.24, 2.45) is 0 Å². The smallest absolute Gasteiger partial charge is 0.233 e. The van der Waals surface area contributed by atoms with Gasteiger partial charge in [0.1, 0.15) is 0 Å². The molecule has 0 aliphatic rings. The Labute approximate surface area is 138 Å². The summed E-state index contributed by atoms with van der Waals surface area (Å²) in [5, 5.41) is 5.17. The second-order valence-corrected chi connectivity index (χ2v) is 5.18. The van der Waals surface area contributed by atoms with Crippen LogP contribution in [0.5, 0.6) is 0 Å². The lowest BCUT2D eigenvalue weighted by atomic mass is 10.0. The molecule has 0 heterocycles. The van der Waals surface area contributed by atoms with Gasteiger partial charge in [0.25, 0.3) is 0 Å². The van der Waals surface area contributed by atoms with Crippen molar-refractivity contribution in [3.8, 4) is 0 Å². The molecule has 2 amide bonds. The number of hydrogen-bond donors (Lipinski definition) is 2. The minimum atomic E-state index is -0.642. The Morgan fingerprint density at radius 3 is 1.12 bits per heavy atom. The Morgan fingerprint density at radius 1 is 0.583 bits per heavy atom. The lowest BCUT2D eigenvalue weighted by molar-refractivity contribution is -0.115. The van der Waals surface area contributed by atoms with Crippen LogP contribution in [0.4, 0.5) is 11.4 Å². The Kier molecular flexibility index (Phi) is 5.21. The second kappa shape index (κ2) is 7.32. The van der Waals surface area contributed by atoms with Crippen molar-refractivity contribution in [2.75, 3.05) is 10.6 Å². The van der Waals surface area contributed by atoms with Gasteiger partial charge in [-0.1, -0.05) is 0 Å². The van der Waals surface area contributed by atoms with Crippen LogP contribution in [0.3, 0.4) is 0 Å². The van der Waals surface area contributed by atoms with E-state index in [9.17, 15) is 19.2 Å². The third-order valence-corrected chi connectivity index (χ3v) is 3.14. The molecule has 2 N–H and O–H groups in total. The highest BCUT2D eigenvalue weighted by Crippen LogP contribution is 2.14. The average molecular weight is 324 g/mol. The summed E-state index contributed by atoms with van der Waals surface area (Å²) in [7, 11) is 0. The first-order valence-electron chi connectivity index (χ1n) is 7.21. The molecule has 6 heteroatoms. The normalized spacial score (nSPS) is 9.92. The van der Waals surface area contributed by atoms with E-state index >= 15 is 0 Å². The molecule has 2 rings (SSSR count). The predicted octanol–water partition coefficient (Wildman–Crippen LogP) is 2.67. The highest BCUT2D eigenvalue weighted by atomic mass is 16.2. The average Bonchev–Trinajstić information content (AvgIpc) is 2.54. The zero-order valence-electron chi connectivity index (χ0n) is 13.3. The molecule has 0 aliphatic heterocycles. The van der Waals surface area contributed by atoms with Crippen molar-refractivity contribution < 1.29 is 19.2 Å². The quantitative estimate of drug-likeness (QED) is 0.653. The van der Waals surface area contributed by atoms with E-state index < -0.39 is 11.6 Å². The fourth-order valence-corrected chi connectivity index (χ4v) is 2.08. The third-order valence-electron chi connectivity index (χ3n) is 3.14. The SMILES string of the molecule is CC(=O)Nc1ccc(C(=O)C(=O)c2ccc(NC(C)=O)cc2)cc1. The Morgan fingerprint density at radius 2 is 0.875 bits per heavy atom. The van der Waals surface area contributed by atoms with Crippen LogP contribution in [0.25, 0.3) is 0 Å². The van der Waals surface area contributed by atoms with Crippen molar-refractivity contribution in [2.45, 2.75) is 13.8 Å². The minimum absolute atomic E-state index is 0.218. The van der Waals surface area contributed by atoms with Gasteiger partial charge < -0.3 is 10.6 Å². The molecule has 0 saturated heterocycles. The summed E-state index contributed by atoms with van der Waals surface area (Å²) in [5.41, 5.74) is 1.57. The first-order valence-corrected chi connectivity index (χ1v) is 7.21. The molecule has 6 nitrogen and oxygen atoms in total. The van der Waals surface area contributed by atoms with E-state index in [1.807, 2.05) is 0 Å². The summed E-state index contributed by atoms with van der Waals surface area (Å²) in [5.74, 6) is -1.72. The number of Topliss-reactive ketones (excluding diaryl/α,β-unsaturated/α-hetero) is 2. The monoisotopic (exact) mass is 324 g/mol. The van der Waals surface area contributed by atoms with E-state index in [0.717, 1.165) is 0 Å². The summed E-state index contributed by atoms with van der Waals surface area (Å²) in [6.45, 7) is 2.76. The van der Waals surface area contributed by atoms with Crippen LogP contribution in [0.1, 0.15) is 34.6 Å². The van der Waals surface area contributed by atoms with E-state index in [0.29, 0.717) is 11.4 Å². The lowest BCUT2D eigenvalue weighted by Gasteiger charge is -2.05. The summed E-state index contributed by atoms with van der Waals surface area (Å²) in [6, 6.07) is 12.2. The largest absolute Gasteiger partial charge is 0.326 e. The van der Waals surface area contributed by atoms with Gasteiger partial charge in [-0.05, 0) is 48.5 Å². The van der Waals surface area contributed by atoms with Crippen LogP contribution < -0.4 is 10.6 Å². The second-order valence-electron chi connectivity index (χ2n) is 5.18. The summed E-state index contributed by atoms with van der Waals surface area (Å²) in [6.07, 6.45) is 0. The maximum atomic E-state index is 12.2. The topological polar surface area (TPSA) is 92.3 Å². The minimum Gasteiger partial charge on any atom is -0.326 e. The molecule has 0 bridgehead atoms. The number of amides is 2. The standard InChI is InChI=1S/C18H16N2O4/c1-11(21)19-15-7-3-13(4-8-15)17(23)18(24)14-5-9-16(10-6-14)20-12(2)22/h3-10H,1-2H3,(H,19,21)(H,20,22). The van der Waals surface area contributed by atoms with Crippen LogP contribution in [-0.2, 0) is 9.59 Å². The predicted molar refractivity (Wildman–Crippen MR) is 90.2 cm³/mol. The van der Waals surface area contributed by atoms with Gasteiger partial charge in [-0.3, -0.25) is 19.2 Å². The van der Waals surface area contributed by atoms with Crippen LogP contribution in [0.15, 0.2) is 48.5 Å². The van der Waals surface area contributed by atoms with E-state index in [4.69, 9.17) is 0 Å². The molecule has 0 aromatic heterocycles. The number of hydrogen-bond acceptors (Lipinski definition) is 4. The van der Waals surface area contributed by atoms with Crippen molar-refractivity contribution in [3.05, 3.63) is 59.7 Å².